The van der Waals surface area contributed by atoms with Crippen LogP contribution in [0.4, 0.5) is 0 Å². The van der Waals surface area contributed by atoms with E-state index in [1.807, 2.05) is 17.7 Å². The van der Waals surface area contributed by atoms with Gasteiger partial charge in [0, 0.05) is 17.7 Å². The fourth-order valence-electron chi connectivity index (χ4n) is 2.85. The van der Waals surface area contributed by atoms with Gasteiger partial charge in [0.2, 0.25) is 5.69 Å². The van der Waals surface area contributed by atoms with Crippen LogP contribution in [0.2, 0.25) is 0 Å². The van der Waals surface area contributed by atoms with Crippen molar-refractivity contribution in [2.24, 2.45) is 13.0 Å². The summed E-state index contributed by atoms with van der Waals surface area (Å²) >= 11 is 0. The first-order valence-corrected chi connectivity index (χ1v) is 8.98. The molecule has 1 nitrogen and oxygen atoms in total. The molecule has 0 N–H and O–H groups in total. The number of hydrogen-bond acceptors (Lipinski definition) is 0. The zero-order valence-corrected chi connectivity index (χ0v) is 16.9. The molecule has 24 heavy (non-hydrogen) atoms. The van der Waals surface area contributed by atoms with E-state index >= 15 is 0 Å². The molecular formula is C23H34N+. The average Bonchev–Trinajstić information content (AvgIpc) is 2.49. The van der Waals surface area contributed by atoms with Crippen LogP contribution >= 0.6 is 0 Å². The quantitative estimate of drug-likeness (QED) is 0.636. The molecule has 1 aromatic carbocycles. The maximum absolute atomic E-state index is 8.48. The lowest BCUT2D eigenvalue weighted by Crippen LogP contribution is -2.33. The Kier molecular flexibility index (Phi) is 4.55. The van der Waals surface area contributed by atoms with Crippen molar-refractivity contribution in [3.63, 3.8) is 0 Å². The highest BCUT2D eigenvalue weighted by atomic mass is 14.9. The molecule has 0 bridgehead atoms. The van der Waals surface area contributed by atoms with E-state index < -0.39 is 0 Å². The van der Waals surface area contributed by atoms with Crippen molar-refractivity contribution in [1.29, 1.82) is 0 Å². The number of rotatable bonds is 3. The zero-order chi connectivity index (χ0) is 19.2. The van der Waals surface area contributed by atoms with Crippen LogP contribution in [-0.4, -0.2) is 0 Å². The van der Waals surface area contributed by atoms with Crippen LogP contribution in [0.3, 0.4) is 0 Å². The predicted molar refractivity (Wildman–Crippen MR) is 104 cm³/mol. The van der Waals surface area contributed by atoms with Crippen molar-refractivity contribution in [2.45, 2.75) is 66.2 Å². The van der Waals surface area contributed by atoms with Crippen molar-refractivity contribution >= 4 is 0 Å². The second-order valence-electron chi connectivity index (χ2n) is 8.97. The van der Waals surface area contributed by atoms with Crippen LogP contribution in [0.25, 0.3) is 11.3 Å². The second kappa shape index (κ2) is 6.35. The molecule has 0 unspecified atom stereocenters. The maximum atomic E-state index is 8.48. The van der Waals surface area contributed by atoms with E-state index in [4.69, 9.17) is 1.37 Å². The van der Waals surface area contributed by atoms with E-state index in [1.165, 1.54) is 22.3 Å². The average molecular weight is 326 g/mol. The summed E-state index contributed by atoms with van der Waals surface area (Å²) in [5.41, 5.74) is 6.31. The molecule has 1 heteroatoms. The van der Waals surface area contributed by atoms with Crippen LogP contribution < -0.4 is 4.57 Å². The standard InChI is InChI=1S/C23H34N/c1-16(2)23(7,8)19-12-13-24(9)21(15-19)20-14-18(22(4,5)6)11-10-17(20)3/h10-16H,1-9H3/q+1/i13D. The Morgan fingerprint density at radius 1 is 0.958 bits per heavy atom. The molecule has 0 fully saturated rings. The third kappa shape index (κ3) is 3.55. The molecule has 0 spiro atoms. The van der Waals surface area contributed by atoms with Crippen LogP contribution in [0.5, 0.6) is 0 Å². The summed E-state index contributed by atoms with van der Waals surface area (Å²) in [5, 5.41) is 0. The molecule has 1 heterocycles. The highest BCUT2D eigenvalue weighted by Crippen LogP contribution is 2.34. The summed E-state index contributed by atoms with van der Waals surface area (Å²) in [7, 11) is 1.99. The van der Waals surface area contributed by atoms with Crippen LogP contribution in [-0.2, 0) is 17.9 Å². The summed E-state index contributed by atoms with van der Waals surface area (Å²) in [6.45, 7) is 17.9. The van der Waals surface area contributed by atoms with Crippen molar-refractivity contribution in [2.75, 3.05) is 0 Å². The van der Waals surface area contributed by atoms with Crippen molar-refractivity contribution in [1.82, 2.24) is 0 Å². The van der Waals surface area contributed by atoms with Crippen LogP contribution in [0.15, 0.2) is 36.5 Å². The molecule has 0 saturated carbocycles. The van der Waals surface area contributed by atoms with Gasteiger partial charge in [0.25, 0.3) is 0 Å². The Morgan fingerprint density at radius 2 is 1.58 bits per heavy atom. The third-order valence-corrected chi connectivity index (χ3v) is 5.63. The number of pyridine rings is 1. The number of hydrogen-bond donors (Lipinski definition) is 0. The molecule has 0 aliphatic rings. The molecular weight excluding hydrogens is 290 g/mol. The normalized spacial score (nSPS) is 13.3. The molecule has 0 saturated heterocycles. The minimum Gasteiger partial charge on any atom is -0.201 e. The largest absolute Gasteiger partial charge is 0.212 e. The van der Waals surface area contributed by atoms with Gasteiger partial charge < -0.3 is 0 Å². The van der Waals surface area contributed by atoms with Gasteiger partial charge in [0.15, 0.2) is 6.17 Å². The van der Waals surface area contributed by atoms with E-state index in [1.54, 1.807) is 0 Å². The molecule has 0 radical (unpaired) electrons. The third-order valence-electron chi connectivity index (χ3n) is 5.63. The molecule has 2 aromatic rings. The molecule has 0 aliphatic carbocycles. The van der Waals surface area contributed by atoms with E-state index in [0.29, 0.717) is 12.1 Å². The predicted octanol–water partition coefficient (Wildman–Crippen LogP) is 5.72. The molecule has 0 amide bonds. The van der Waals surface area contributed by atoms with E-state index in [9.17, 15) is 0 Å². The maximum Gasteiger partial charge on any atom is 0.212 e. The molecule has 0 atom stereocenters. The topological polar surface area (TPSA) is 3.88 Å². The number of nitrogens with zero attached hydrogens (tertiary/aromatic N) is 1. The van der Waals surface area contributed by atoms with Crippen LogP contribution in [0, 0.1) is 12.8 Å². The first kappa shape index (κ1) is 17.2. The van der Waals surface area contributed by atoms with Crippen molar-refractivity contribution in [3.05, 3.63) is 53.2 Å². The molecule has 1 aromatic heterocycles. The minimum absolute atomic E-state index is 0.0361. The Labute approximate surface area is 150 Å². The lowest BCUT2D eigenvalue weighted by atomic mass is 9.75. The van der Waals surface area contributed by atoms with Crippen molar-refractivity contribution in [3.8, 4) is 11.3 Å². The smallest absolute Gasteiger partial charge is 0.201 e. The van der Waals surface area contributed by atoms with E-state index in [0.717, 1.165) is 5.69 Å². The second-order valence-corrected chi connectivity index (χ2v) is 8.97. The first-order valence-electron chi connectivity index (χ1n) is 9.48. The Hall–Kier alpha value is -1.63. The summed E-state index contributed by atoms with van der Waals surface area (Å²) in [4.78, 5) is 0. The lowest BCUT2D eigenvalue weighted by molar-refractivity contribution is -0.660. The van der Waals surface area contributed by atoms with Gasteiger partial charge in [-0.2, -0.15) is 0 Å². The molecule has 0 aliphatic heterocycles. The Morgan fingerprint density at radius 3 is 2.12 bits per heavy atom. The molecule has 130 valence electrons. The molecule has 2 rings (SSSR count). The van der Waals surface area contributed by atoms with Gasteiger partial charge in [0.1, 0.15) is 8.42 Å². The van der Waals surface area contributed by atoms with Crippen molar-refractivity contribution < 1.29 is 5.94 Å². The summed E-state index contributed by atoms with van der Waals surface area (Å²) in [5.74, 6) is 0.509. The van der Waals surface area contributed by atoms with Gasteiger partial charge in [-0.05, 0) is 46.4 Å². The number of aryl methyl sites for hydroxylation is 1. The van der Waals surface area contributed by atoms with Gasteiger partial charge >= 0.3 is 0 Å². The summed E-state index contributed by atoms with van der Waals surface area (Å²) in [6.07, 6.45) is 0.557. The highest BCUT2D eigenvalue weighted by molar-refractivity contribution is 5.63. The fourth-order valence-corrected chi connectivity index (χ4v) is 2.85. The van der Waals surface area contributed by atoms with Gasteiger partial charge in [0.05, 0.1) is 0 Å². The zero-order valence-electron chi connectivity index (χ0n) is 17.9. The summed E-state index contributed by atoms with van der Waals surface area (Å²) < 4.78 is 10.5. The number of aromatic nitrogens is 1. The van der Waals surface area contributed by atoms with Gasteiger partial charge in [-0.15, -0.1) is 0 Å². The van der Waals surface area contributed by atoms with Gasteiger partial charge in [-0.3, -0.25) is 0 Å². The fraction of sp³-hybridized carbons (Fsp3) is 0.522. The van der Waals surface area contributed by atoms with E-state index in [-0.39, 0.29) is 10.8 Å². The first-order chi connectivity index (χ1) is 11.4. The van der Waals surface area contributed by atoms with Gasteiger partial charge in [-0.25, -0.2) is 4.57 Å². The van der Waals surface area contributed by atoms with Crippen LogP contribution in [0.1, 0.15) is 66.5 Å². The summed E-state index contributed by atoms with van der Waals surface area (Å²) in [6, 6.07) is 11.0. The number of benzene rings is 1. The van der Waals surface area contributed by atoms with E-state index in [2.05, 4.69) is 79.7 Å². The lowest BCUT2D eigenvalue weighted by Gasteiger charge is -2.29. The SMILES string of the molecule is [2H]c1cc(C(C)(C)C(C)C)cc(-c2cc(C(C)(C)C)ccc2C)[n+]1C. The Balaban J connectivity index is 2.74. The minimum atomic E-state index is 0.0361. The highest BCUT2D eigenvalue weighted by Gasteiger charge is 2.27. The van der Waals surface area contributed by atoms with Gasteiger partial charge in [-0.1, -0.05) is 60.6 Å². The monoisotopic (exact) mass is 325 g/mol. The Bertz CT molecular complexity index is 779.